The first-order valence-corrected chi connectivity index (χ1v) is 7.93. The van der Waals surface area contributed by atoms with Gasteiger partial charge in [-0.25, -0.2) is 13.2 Å². The van der Waals surface area contributed by atoms with E-state index >= 15 is 0 Å². The summed E-state index contributed by atoms with van der Waals surface area (Å²) in [5.74, 6) is -1.10. The summed E-state index contributed by atoms with van der Waals surface area (Å²) in [6, 6.07) is 13.8. The highest BCUT2D eigenvalue weighted by Crippen LogP contribution is 2.23. The number of anilines is 1. The summed E-state index contributed by atoms with van der Waals surface area (Å²) < 4.78 is 26.7. The molecule has 2 rings (SSSR count). The third-order valence-corrected chi connectivity index (χ3v) is 4.84. The largest absolute Gasteiger partial charge is 0.478 e. The maximum Gasteiger partial charge on any atom is 0.335 e. The third kappa shape index (κ3) is 3.17. The second-order valence-electron chi connectivity index (χ2n) is 4.49. The van der Waals surface area contributed by atoms with Gasteiger partial charge in [0, 0.05) is 0 Å². The normalized spacial score (nSPS) is 10.9. The van der Waals surface area contributed by atoms with Gasteiger partial charge < -0.3 is 5.11 Å². The van der Waals surface area contributed by atoms with E-state index in [0.29, 0.717) is 5.69 Å². The first-order chi connectivity index (χ1) is 10.5. The summed E-state index contributed by atoms with van der Waals surface area (Å²) in [7, 11) is -3.79. The van der Waals surface area contributed by atoms with Crippen LogP contribution in [0, 0.1) is 0 Å². The number of aromatic carboxylic acids is 1. The van der Waals surface area contributed by atoms with Crippen molar-refractivity contribution in [2.24, 2.45) is 0 Å². The van der Waals surface area contributed by atoms with Crippen LogP contribution in [0.3, 0.4) is 0 Å². The van der Waals surface area contributed by atoms with Gasteiger partial charge in [-0.05, 0) is 36.4 Å². The summed E-state index contributed by atoms with van der Waals surface area (Å²) in [4.78, 5) is 10.9. The summed E-state index contributed by atoms with van der Waals surface area (Å²) in [5.41, 5.74) is 0.554. The Hall–Kier alpha value is -2.60. The van der Waals surface area contributed by atoms with Crippen molar-refractivity contribution in [2.75, 3.05) is 10.8 Å². The van der Waals surface area contributed by atoms with Crippen molar-refractivity contribution in [3.05, 3.63) is 72.8 Å². The molecule has 22 heavy (non-hydrogen) atoms. The van der Waals surface area contributed by atoms with Gasteiger partial charge in [-0.3, -0.25) is 4.31 Å². The molecule has 0 fully saturated rings. The standard InChI is InChI=1S/C16H15NO4S/c1-2-12-17(14-6-4-3-5-7-14)22(20,21)15-10-8-13(9-11-15)16(18)19/h2-11H,1,12H2,(H,18,19). The fourth-order valence-electron chi connectivity index (χ4n) is 1.95. The Balaban J connectivity index is 2.45. The number of para-hydroxylation sites is 1. The Morgan fingerprint density at radius 3 is 2.18 bits per heavy atom. The number of carboxylic acid groups (broad SMARTS) is 1. The van der Waals surface area contributed by atoms with Crippen molar-refractivity contribution in [3.8, 4) is 0 Å². The van der Waals surface area contributed by atoms with Gasteiger partial charge in [0.25, 0.3) is 10.0 Å². The van der Waals surface area contributed by atoms with E-state index in [-0.39, 0.29) is 17.0 Å². The van der Waals surface area contributed by atoms with Gasteiger partial charge in [0.05, 0.1) is 22.7 Å². The van der Waals surface area contributed by atoms with Gasteiger partial charge in [0.1, 0.15) is 0 Å². The van der Waals surface area contributed by atoms with Gasteiger partial charge in [-0.15, -0.1) is 6.58 Å². The molecule has 5 nitrogen and oxygen atoms in total. The molecule has 0 saturated carbocycles. The van der Waals surface area contributed by atoms with E-state index in [4.69, 9.17) is 5.11 Å². The smallest absolute Gasteiger partial charge is 0.335 e. The minimum atomic E-state index is -3.79. The fourth-order valence-corrected chi connectivity index (χ4v) is 3.39. The molecule has 6 heteroatoms. The number of hydrogen-bond acceptors (Lipinski definition) is 3. The molecular weight excluding hydrogens is 302 g/mol. The molecule has 0 aromatic heterocycles. The van der Waals surface area contributed by atoms with E-state index in [1.54, 1.807) is 30.3 Å². The van der Waals surface area contributed by atoms with Crippen molar-refractivity contribution in [2.45, 2.75) is 4.90 Å². The monoisotopic (exact) mass is 317 g/mol. The molecule has 114 valence electrons. The molecule has 0 bridgehead atoms. The summed E-state index contributed by atoms with van der Waals surface area (Å²) >= 11 is 0. The highest BCUT2D eigenvalue weighted by Gasteiger charge is 2.24. The van der Waals surface area contributed by atoms with Crippen LogP contribution in [-0.4, -0.2) is 26.0 Å². The number of carboxylic acids is 1. The fraction of sp³-hybridized carbons (Fsp3) is 0.0625. The van der Waals surface area contributed by atoms with E-state index in [1.807, 2.05) is 0 Å². The average molecular weight is 317 g/mol. The highest BCUT2D eigenvalue weighted by atomic mass is 32.2. The van der Waals surface area contributed by atoms with Crippen molar-refractivity contribution < 1.29 is 18.3 Å². The van der Waals surface area contributed by atoms with Crippen LogP contribution in [0.2, 0.25) is 0 Å². The maximum absolute atomic E-state index is 12.7. The number of hydrogen-bond donors (Lipinski definition) is 1. The molecule has 0 atom stereocenters. The van der Waals surface area contributed by atoms with Crippen LogP contribution in [-0.2, 0) is 10.0 Å². The van der Waals surface area contributed by atoms with E-state index < -0.39 is 16.0 Å². The Morgan fingerprint density at radius 2 is 1.68 bits per heavy atom. The zero-order valence-electron chi connectivity index (χ0n) is 11.7. The molecule has 2 aromatic carbocycles. The third-order valence-electron chi connectivity index (χ3n) is 3.03. The molecule has 1 N–H and O–H groups in total. The maximum atomic E-state index is 12.7. The van der Waals surface area contributed by atoms with E-state index in [1.165, 1.54) is 34.6 Å². The molecule has 2 aromatic rings. The Kier molecular flexibility index (Phi) is 4.62. The molecule has 0 aliphatic rings. The highest BCUT2D eigenvalue weighted by molar-refractivity contribution is 7.92. The lowest BCUT2D eigenvalue weighted by molar-refractivity contribution is 0.0696. The molecule has 0 aliphatic heterocycles. The first kappa shape index (κ1) is 15.8. The van der Waals surface area contributed by atoms with Crippen LogP contribution in [0.1, 0.15) is 10.4 Å². The Bertz CT molecular complexity index is 768. The second kappa shape index (κ2) is 6.44. The quantitative estimate of drug-likeness (QED) is 0.831. The molecule has 0 radical (unpaired) electrons. The van der Waals surface area contributed by atoms with Crippen LogP contribution >= 0.6 is 0 Å². The molecule has 0 saturated heterocycles. The van der Waals surface area contributed by atoms with Gasteiger partial charge in [-0.1, -0.05) is 24.3 Å². The van der Waals surface area contributed by atoms with Gasteiger partial charge in [0.15, 0.2) is 0 Å². The minimum Gasteiger partial charge on any atom is -0.478 e. The molecule has 0 unspecified atom stereocenters. The predicted molar refractivity (Wildman–Crippen MR) is 84.6 cm³/mol. The van der Waals surface area contributed by atoms with E-state index in [0.717, 1.165) is 0 Å². The van der Waals surface area contributed by atoms with E-state index in [2.05, 4.69) is 6.58 Å². The predicted octanol–water partition coefficient (Wildman–Crippen LogP) is 2.77. The number of sulfonamides is 1. The number of benzene rings is 2. The van der Waals surface area contributed by atoms with Gasteiger partial charge >= 0.3 is 5.97 Å². The lowest BCUT2D eigenvalue weighted by Gasteiger charge is -2.23. The zero-order chi connectivity index (χ0) is 16.2. The van der Waals surface area contributed by atoms with Crippen molar-refractivity contribution in [1.82, 2.24) is 0 Å². The Labute approximate surface area is 129 Å². The number of carbonyl (C=O) groups is 1. The second-order valence-corrected chi connectivity index (χ2v) is 6.35. The van der Waals surface area contributed by atoms with Crippen LogP contribution in [0.15, 0.2) is 72.1 Å². The van der Waals surface area contributed by atoms with Crippen molar-refractivity contribution >= 4 is 21.7 Å². The van der Waals surface area contributed by atoms with Crippen molar-refractivity contribution in [1.29, 1.82) is 0 Å². The summed E-state index contributed by atoms with van der Waals surface area (Å²) in [5, 5.41) is 8.88. The van der Waals surface area contributed by atoms with Crippen LogP contribution in [0.25, 0.3) is 0 Å². The average Bonchev–Trinajstić information content (AvgIpc) is 2.53. The SMILES string of the molecule is C=CCN(c1ccccc1)S(=O)(=O)c1ccc(C(=O)O)cc1. The molecular formula is C16H15NO4S. The van der Waals surface area contributed by atoms with Gasteiger partial charge in [-0.2, -0.15) is 0 Å². The summed E-state index contributed by atoms with van der Waals surface area (Å²) in [6.45, 7) is 3.70. The molecule has 0 amide bonds. The number of rotatable bonds is 6. The molecule has 0 aliphatic carbocycles. The van der Waals surface area contributed by atoms with Crippen LogP contribution in [0.4, 0.5) is 5.69 Å². The minimum absolute atomic E-state index is 0.0307. The van der Waals surface area contributed by atoms with Gasteiger partial charge in [0.2, 0.25) is 0 Å². The lowest BCUT2D eigenvalue weighted by atomic mass is 10.2. The summed E-state index contributed by atoms with van der Waals surface area (Å²) in [6.07, 6.45) is 1.50. The zero-order valence-corrected chi connectivity index (χ0v) is 12.5. The van der Waals surface area contributed by atoms with Crippen LogP contribution < -0.4 is 4.31 Å². The molecule has 0 heterocycles. The van der Waals surface area contributed by atoms with Crippen LogP contribution in [0.5, 0.6) is 0 Å². The van der Waals surface area contributed by atoms with E-state index in [9.17, 15) is 13.2 Å². The Morgan fingerprint density at radius 1 is 1.09 bits per heavy atom. The topological polar surface area (TPSA) is 74.7 Å². The lowest BCUT2D eigenvalue weighted by Crippen LogP contribution is -2.31. The first-order valence-electron chi connectivity index (χ1n) is 6.49. The van der Waals surface area contributed by atoms with Crippen molar-refractivity contribution in [3.63, 3.8) is 0 Å². The molecule has 0 spiro atoms. The number of nitrogens with zero attached hydrogens (tertiary/aromatic N) is 1.